The van der Waals surface area contributed by atoms with E-state index in [1.807, 2.05) is 0 Å². The van der Waals surface area contributed by atoms with Gasteiger partial charge in [0, 0.05) is 0 Å². The Labute approximate surface area is 99.8 Å². The van der Waals surface area contributed by atoms with Gasteiger partial charge in [-0.2, -0.15) is 0 Å². The van der Waals surface area contributed by atoms with E-state index >= 15 is 0 Å². The van der Waals surface area contributed by atoms with Crippen LogP contribution in [0.5, 0.6) is 0 Å². The molecule has 2 N–H and O–H groups in total. The number of benzene rings is 1. The fourth-order valence-electron chi connectivity index (χ4n) is 2.05. The predicted octanol–water partition coefficient (Wildman–Crippen LogP) is 2.31. The van der Waals surface area contributed by atoms with E-state index in [9.17, 15) is 9.18 Å². The molecular formula is C13H16FNO2. The summed E-state index contributed by atoms with van der Waals surface area (Å²) >= 11 is 0. The predicted molar refractivity (Wildman–Crippen MR) is 61.7 cm³/mol. The van der Waals surface area contributed by atoms with Crippen LogP contribution in [0.3, 0.4) is 0 Å². The first-order valence-corrected chi connectivity index (χ1v) is 5.88. The molecule has 17 heavy (non-hydrogen) atoms. The molecule has 1 aromatic carbocycles. The van der Waals surface area contributed by atoms with Gasteiger partial charge in [0.1, 0.15) is 18.0 Å². The Morgan fingerprint density at radius 2 is 1.88 bits per heavy atom. The Bertz CT molecular complexity index is 385. The highest BCUT2D eigenvalue weighted by Crippen LogP contribution is 2.23. The van der Waals surface area contributed by atoms with Crippen molar-refractivity contribution in [3.05, 3.63) is 35.6 Å². The molecule has 2 rings (SSSR count). The van der Waals surface area contributed by atoms with Gasteiger partial charge < -0.3 is 10.5 Å². The van der Waals surface area contributed by atoms with Gasteiger partial charge in [0.15, 0.2) is 0 Å². The SMILES string of the molecule is N[C@H](C(=O)OC1CCCC1)c1ccc(F)cc1. The largest absolute Gasteiger partial charge is 0.461 e. The van der Waals surface area contributed by atoms with Gasteiger partial charge in [0.25, 0.3) is 0 Å². The molecule has 0 bridgehead atoms. The first kappa shape index (κ1) is 12.0. The lowest BCUT2D eigenvalue weighted by molar-refractivity contribution is -0.150. The zero-order valence-corrected chi connectivity index (χ0v) is 9.56. The van der Waals surface area contributed by atoms with Crippen molar-refractivity contribution in [3.63, 3.8) is 0 Å². The van der Waals surface area contributed by atoms with Crippen molar-refractivity contribution in [3.8, 4) is 0 Å². The molecule has 0 aliphatic heterocycles. The number of esters is 1. The van der Waals surface area contributed by atoms with Gasteiger partial charge in [-0.3, -0.25) is 0 Å². The molecule has 4 heteroatoms. The van der Waals surface area contributed by atoms with Crippen LogP contribution in [-0.2, 0) is 9.53 Å². The van der Waals surface area contributed by atoms with Crippen LogP contribution in [0.15, 0.2) is 24.3 Å². The highest BCUT2D eigenvalue weighted by molar-refractivity contribution is 5.77. The first-order chi connectivity index (χ1) is 8.16. The van der Waals surface area contributed by atoms with Crippen molar-refractivity contribution in [2.45, 2.75) is 37.8 Å². The van der Waals surface area contributed by atoms with Crippen molar-refractivity contribution in [1.82, 2.24) is 0 Å². The minimum atomic E-state index is -0.823. The smallest absolute Gasteiger partial charge is 0.327 e. The van der Waals surface area contributed by atoms with E-state index in [0.717, 1.165) is 25.7 Å². The Balaban J connectivity index is 1.96. The molecule has 0 amide bonds. The van der Waals surface area contributed by atoms with Crippen molar-refractivity contribution in [1.29, 1.82) is 0 Å². The molecular weight excluding hydrogens is 221 g/mol. The summed E-state index contributed by atoms with van der Waals surface area (Å²) in [5, 5.41) is 0. The summed E-state index contributed by atoms with van der Waals surface area (Å²) < 4.78 is 18.0. The van der Waals surface area contributed by atoms with E-state index in [1.54, 1.807) is 0 Å². The lowest BCUT2D eigenvalue weighted by Gasteiger charge is -2.16. The molecule has 0 unspecified atom stereocenters. The van der Waals surface area contributed by atoms with Crippen molar-refractivity contribution >= 4 is 5.97 Å². The molecule has 0 aromatic heterocycles. The molecule has 3 nitrogen and oxygen atoms in total. The molecule has 0 heterocycles. The monoisotopic (exact) mass is 237 g/mol. The normalized spacial score (nSPS) is 18.0. The third-order valence-electron chi connectivity index (χ3n) is 3.07. The highest BCUT2D eigenvalue weighted by atomic mass is 19.1. The second-order valence-corrected chi connectivity index (χ2v) is 4.37. The maximum Gasteiger partial charge on any atom is 0.327 e. The number of halogens is 1. The van der Waals surface area contributed by atoms with Crippen LogP contribution in [0.2, 0.25) is 0 Å². The van der Waals surface area contributed by atoms with Crippen molar-refractivity contribution < 1.29 is 13.9 Å². The highest BCUT2D eigenvalue weighted by Gasteiger charge is 2.24. The number of nitrogens with two attached hydrogens (primary N) is 1. The van der Waals surface area contributed by atoms with Gasteiger partial charge in [0.2, 0.25) is 0 Å². The Morgan fingerprint density at radius 3 is 2.47 bits per heavy atom. The van der Waals surface area contributed by atoms with Crippen LogP contribution >= 0.6 is 0 Å². The fourth-order valence-corrected chi connectivity index (χ4v) is 2.05. The fraction of sp³-hybridized carbons (Fsp3) is 0.462. The zero-order valence-electron chi connectivity index (χ0n) is 9.56. The minimum Gasteiger partial charge on any atom is -0.461 e. The number of rotatable bonds is 3. The van der Waals surface area contributed by atoms with Crippen LogP contribution in [-0.4, -0.2) is 12.1 Å². The third-order valence-corrected chi connectivity index (χ3v) is 3.07. The van der Waals surface area contributed by atoms with E-state index in [-0.39, 0.29) is 11.9 Å². The summed E-state index contributed by atoms with van der Waals surface area (Å²) in [4.78, 5) is 11.7. The minimum absolute atomic E-state index is 0.00833. The van der Waals surface area contributed by atoms with Gasteiger partial charge in [0.05, 0.1) is 0 Å². The summed E-state index contributed by atoms with van der Waals surface area (Å²) in [7, 11) is 0. The molecule has 1 saturated carbocycles. The summed E-state index contributed by atoms with van der Waals surface area (Å²) in [6.45, 7) is 0. The van der Waals surface area contributed by atoms with Crippen LogP contribution in [0, 0.1) is 5.82 Å². The number of hydrogen-bond acceptors (Lipinski definition) is 3. The van der Waals surface area contributed by atoms with E-state index in [1.165, 1.54) is 24.3 Å². The van der Waals surface area contributed by atoms with Crippen molar-refractivity contribution in [2.24, 2.45) is 5.73 Å². The lowest BCUT2D eigenvalue weighted by atomic mass is 10.1. The van der Waals surface area contributed by atoms with E-state index in [0.29, 0.717) is 5.56 Å². The summed E-state index contributed by atoms with van der Waals surface area (Å²) in [6, 6.07) is 4.78. The Hall–Kier alpha value is -1.42. The average molecular weight is 237 g/mol. The number of carbonyl (C=O) groups excluding carboxylic acids is 1. The van der Waals surface area contributed by atoms with Gasteiger partial charge in [-0.25, -0.2) is 9.18 Å². The standard InChI is InChI=1S/C13H16FNO2/c14-10-7-5-9(6-8-10)12(15)13(16)17-11-3-1-2-4-11/h5-8,11-12H,1-4,15H2/t12-/m0/s1. The van der Waals surface area contributed by atoms with E-state index in [4.69, 9.17) is 10.5 Å². The number of ether oxygens (including phenoxy) is 1. The van der Waals surface area contributed by atoms with E-state index in [2.05, 4.69) is 0 Å². The van der Waals surface area contributed by atoms with Crippen molar-refractivity contribution in [2.75, 3.05) is 0 Å². The van der Waals surface area contributed by atoms with Crippen LogP contribution in [0.4, 0.5) is 4.39 Å². The van der Waals surface area contributed by atoms with Gasteiger partial charge >= 0.3 is 5.97 Å². The molecule has 0 saturated heterocycles. The maximum absolute atomic E-state index is 12.7. The molecule has 1 fully saturated rings. The van der Waals surface area contributed by atoms with Crippen LogP contribution < -0.4 is 5.73 Å². The molecule has 0 radical (unpaired) electrons. The van der Waals surface area contributed by atoms with E-state index < -0.39 is 12.0 Å². The molecule has 1 aliphatic carbocycles. The zero-order chi connectivity index (χ0) is 12.3. The molecule has 0 spiro atoms. The van der Waals surface area contributed by atoms with Gasteiger partial charge in [-0.1, -0.05) is 12.1 Å². The van der Waals surface area contributed by atoms with Gasteiger partial charge in [-0.05, 0) is 43.4 Å². The Kier molecular flexibility index (Phi) is 3.74. The third kappa shape index (κ3) is 3.03. The number of carbonyl (C=O) groups is 1. The second-order valence-electron chi connectivity index (χ2n) is 4.37. The lowest BCUT2D eigenvalue weighted by Crippen LogP contribution is -2.27. The maximum atomic E-state index is 12.7. The van der Waals surface area contributed by atoms with Crippen LogP contribution in [0.1, 0.15) is 37.3 Å². The number of hydrogen-bond donors (Lipinski definition) is 1. The topological polar surface area (TPSA) is 52.3 Å². The summed E-state index contributed by atoms with van der Waals surface area (Å²) in [6.07, 6.45) is 4.05. The average Bonchev–Trinajstić information content (AvgIpc) is 2.82. The molecule has 92 valence electrons. The second kappa shape index (κ2) is 5.27. The molecule has 1 aliphatic rings. The van der Waals surface area contributed by atoms with Gasteiger partial charge in [-0.15, -0.1) is 0 Å². The Morgan fingerprint density at radius 1 is 1.29 bits per heavy atom. The summed E-state index contributed by atoms with van der Waals surface area (Å²) in [5.74, 6) is -0.770. The molecule has 1 aromatic rings. The first-order valence-electron chi connectivity index (χ1n) is 5.88. The molecule has 1 atom stereocenters. The quantitative estimate of drug-likeness (QED) is 0.821. The van der Waals surface area contributed by atoms with Crippen LogP contribution in [0.25, 0.3) is 0 Å². The summed E-state index contributed by atoms with van der Waals surface area (Å²) in [5.41, 5.74) is 6.35.